The molecule has 0 unspecified atom stereocenters. The first-order chi connectivity index (χ1) is 67.6. The molecule has 137 heavy (non-hydrogen) atoms. The number of furan rings is 2. The molecular weight excluding hydrogens is 1670 g/mol. The van der Waals surface area contributed by atoms with Gasteiger partial charge in [0.15, 0.2) is 46.5 Å². The Labute approximate surface area is 788 Å². The molecule has 0 N–H and O–H groups in total. The van der Waals surface area contributed by atoms with Crippen LogP contribution >= 0.6 is 0 Å². The van der Waals surface area contributed by atoms with Gasteiger partial charge in [-0.2, -0.15) is 0 Å². The summed E-state index contributed by atoms with van der Waals surface area (Å²) in [5, 5.41) is 21.5. The average molecular weight is 1750 g/mol. The molecule has 11 heteroatoms. The van der Waals surface area contributed by atoms with Crippen LogP contribution < -0.4 is 0 Å². The van der Waals surface area contributed by atoms with Crippen LogP contribution in [-0.2, 0) is 5.41 Å². The molecule has 27 rings (SSSR count). The van der Waals surface area contributed by atoms with Gasteiger partial charge in [-0.3, -0.25) is 0 Å². The fourth-order valence-electron chi connectivity index (χ4n) is 20.3. The van der Waals surface area contributed by atoms with Crippen LogP contribution in [0.5, 0.6) is 0 Å². The Hall–Kier alpha value is -18.4. The monoisotopic (exact) mass is 1750 g/mol. The first-order valence-corrected chi connectivity index (χ1v) is 46.0. The highest BCUT2D eigenvalue weighted by molar-refractivity contribution is 6.29. The highest BCUT2D eigenvalue weighted by atomic mass is 16.3. The zero-order valence-corrected chi connectivity index (χ0v) is 74.5. The number of aromatic nitrogens is 8. The predicted molar refractivity (Wildman–Crippen MR) is 562 cm³/mol. The van der Waals surface area contributed by atoms with Crippen LogP contribution in [0, 0.1) is 6.57 Å². The number of fused-ring (bicyclic) bond motifs is 22. The van der Waals surface area contributed by atoms with E-state index in [2.05, 4.69) is 286 Å². The van der Waals surface area contributed by atoms with Crippen LogP contribution in [0.2, 0.25) is 0 Å². The summed E-state index contributed by atoms with van der Waals surface area (Å²) in [5.74, 6) is 4.53. The summed E-state index contributed by atoms with van der Waals surface area (Å²) in [6, 6.07) is 153. The van der Waals surface area contributed by atoms with E-state index >= 15 is 0 Å². The Kier molecular flexibility index (Phi) is 19.7. The van der Waals surface area contributed by atoms with Gasteiger partial charge >= 0.3 is 0 Å². The molecule has 11 nitrogen and oxygen atoms in total. The maximum atomic E-state index is 7.52. The Morgan fingerprint density at radius 2 is 0.555 bits per heavy atom. The second-order valence-electron chi connectivity index (χ2n) is 35.3. The van der Waals surface area contributed by atoms with Crippen LogP contribution in [0.3, 0.4) is 0 Å². The maximum Gasteiger partial charge on any atom is 0.187 e. The predicted octanol–water partition coefficient (Wildman–Crippen LogP) is 33.3. The molecule has 0 atom stereocenters. The Morgan fingerprint density at radius 3 is 1.07 bits per heavy atom. The van der Waals surface area contributed by atoms with Gasteiger partial charge in [-0.1, -0.05) is 402 Å². The van der Waals surface area contributed by atoms with Crippen molar-refractivity contribution in [1.82, 2.24) is 39.9 Å². The van der Waals surface area contributed by atoms with Gasteiger partial charge in [0.05, 0.1) is 18.0 Å². The first kappa shape index (κ1) is 80.7. The number of hydrogen-bond acceptors (Lipinski definition) is 10. The van der Waals surface area contributed by atoms with E-state index in [1.807, 2.05) is 176 Å². The Balaban J connectivity index is 0.000000109. The molecular formula is C126H79N9O2. The molecule has 0 spiro atoms. The lowest BCUT2D eigenvalue weighted by Gasteiger charge is -2.22. The fourth-order valence-corrected chi connectivity index (χ4v) is 20.3. The third-order valence-electron chi connectivity index (χ3n) is 26.9. The fraction of sp³-hybridized carbons (Fsp3) is 0.0238. The second kappa shape index (κ2) is 33.5. The van der Waals surface area contributed by atoms with Crippen LogP contribution in [0.1, 0.15) is 25.0 Å². The van der Waals surface area contributed by atoms with Crippen LogP contribution in [-0.4, -0.2) is 39.9 Å². The lowest BCUT2D eigenvalue weighted by Crippen LogP contribution is -2.14. The molecule has 0 amide bonds. The molecule has 640 valence electrons. The van der Waals surface area contributed by atoms with Crippen molar-refractivity contribution in [3.05, 3.63) is 465 Å². The minimum atomic E-state index is -0.133. The molecule has 0 fully saturated rings. The minimum Gasteiger partial charge on any atom is -0.456 e. The highest BCUT2D eigenvalue weighted by Gasteiger charge is 2.38. The highest BCUT2D eigenvalue weighted by Crippen LogP contribution is 2.54. The third kappa shape index (κ3) is 14.4. The molecule has 0 saturated heterocycles. The molecule has 0 saturated carbocycles. The summed E-state index contributed by atoms with van der Waals surface area (Å²) < 4.78 is 12.8. The van der Waals surface area contributed by atoms with Crippen LogP contribution in [0.15, 0.2) is 452 Å². The van der Waals surface area contributed by atoms with E-state index in [4.69, 9.17) is 55.3 Å². The normalized spacial score (nSPS) is 12.1. The maximum absolute atomic E-state index is 7.52. The quantitative estimate of drug-likeness (QED) is 0.0910. The van der Waals surface area contributed by atoms with Gasteiger partial charge in [-0.25, -0.2) is 44.7 Å². The summed E-state index contributed by atoms with van der Waals surface area (Å²) in [7, 11) is 0. The van der Waals surface area contributed by atoms with Gasteiger partial charge in [0.1, 0.15) is 22.3 Å². The van der Waals surface area contributed by atoms with Crippen molar-refractivity contribution in [1.29, 1.82) is 0 Å². The van der Waals surface area contributed by atoms with Crippen molar-refractivity contribution in [3.8, 4) is 136 Å². The van der Waals surface area contributed by atoms with Crippen molar-refractivity contribution in [2.75, 3.05) is 0 Å². The molecule has 21 aromatic carbocycles. The topological polar surface area (TPSA) is 134 Å². The van der Waals surface area contributed by atoms with Gasteiger partial charge < -0.3 is 8.83 Å². The largest absolute Gasteiger partial charge is 0.456 e. The lowest BCUT2D eigenvalue weighted by atomic mass is 9.81. The molecule has 5 heterocycles. The molecule has 1 aliphatic carbocycles. The summed E-state index contributed by atoms with van der Waals surface area (Å²) >= 11 is 0. The Bertz CT molecular complexity index is 9290. The van der Waals surface area contributed by atoms with Gasteiger partial charge in [-0.15, -0.1) is 0 Å². The van der Waals surface area contributed by atoms with E-state index < -0.39 is 0 Å². The molecule has 0 aliphatic heterocycles. The van der Waals surface area contributed by atoms with Crippen molar-refractivity contribution in [2.24, 2.45) is 0 Å². The zero-order valence-electron chi connectivity index (χ0n) is 74.5. The van der Waals surface area contributed by atoms with E-state index in [1.165, 1.54) is 86.9 Å². The second-order valence-corrected chi connectivity index (χ2v) is 35.3. The summed E-state index contributed by atoms with van der Waals surface area (Å²) in [6.45, 7) is 12.2. The SMILES string of the molecule is [C-]#[N+]c1cccc(-c2cc(-c3ccccc3)nc(-c3ccc4c(c3)-c3c(ccc5ccc6ccccc6c35)C4(C)C)n2)c1.c1ccc(-c2nc(-c3ccccc3)nc(-c3cccc4c(-c5ccc6oc7ccc8ccc9ccccc9c8c7c6c5)cccc34)n2)cc1.c1ccc(-c2nc(-c3ccccc3)nc(-c3ccccc3-c3ccc4oc5ccc6ccc7ccccc7c6c5c4c3)n2)cc1. The summed E-state index contributed by atoms with van der Waals surface area (Å²) in [5.41, 5.74) is 23.8. The van der Waals surface area contributed by atoms with Crippen LogP contribution in [0.4, 0.5) is 5.69 Å². The minimum absolute atomic E-state index is 0.133. The Morgan fingerprint density at radius 1 is 0.204 bits per heavy atom. The number of benzene rings is 21. The zero-order chi connectivity index (χ0) is 91.2. The molecule has 0 bridgehead atoms. The van der Waals surface area contributed by atoms with E-state index in [9.17, 15) is 0 Å². The van der Waals surface area contributed by atoms with E-state index in [0.29, 0.717) is 46.5 Å². The van der Waals surface area contributed by atoms with Gasteiger partial charge in [0.2, 0.25) is 0 Å². The number of hydrogen-bond donors (Lipinski definition) is 0. The van der Waals surface area contributed by atoms with E-state index in [1.54, 1.807) is 0 Å². The molecule has 5 aromatic heterocycles. The summed E-state index contributed by atoms with van der Waals surface area (Å²) in [4.78, 5) is 43.8. The van der Waals surface area contributed by atoms with Crippen molar-refractivity contribution >= 4 is 125 Å². The van der Waals surface area contributed by atoms with E-state index in [0.717, 1.165) is 138 Å². The van der Waals surface area contributed by atoms with Gasteiger partial charge in [0.25, 0.3) is 0 Å². The first-order valence-electron chi connectivity index (χ1n) is 46.0. The molecule has 0 radical (unpaired) electrons. The van der Waals surface area contributed by atoms with Gasteiger partial charge in [0, 0.05) is 82.2 Å². The lowest BCUT2D eigenvalue weighted by molar-refractivity contribution is 0.661. The van der Waals surface area contributed by atoms with Crippen LogP contribution in [0.25, 0.3) is 260 Å². The standard InChI is InChI=1S/C45H27N3O.C41H25N3O.C40H27N3/c1-3-12-30(13-4-1)43-46-44(31-14-5-2-6-15-31)48-45(47-43)37-20-10-18-35-33(17-9-19-36(35)37)32-24-25-39-38(27-32)42-40(49-39)26-23-29-22-21-28-11-7-8-16-34(28)41(29)42;1-3-12-28(13-4-1)39-42-40(29-14-5-2-6-15-29)44-41(43-39)33-18-10-9-16-31(33)30-22-23-35-34(25-30)38-36(45-35)24-21-27-20-19-26-11-7-8-17-32(26)37(27)38;1-40(2)33-20-19-29(23-32(33)38-34(40)21-18-27-17-16-25-10-7-8-15-31(25)37(27)38)39-42-35(26-11-5-4-6-12-26)24-36(43-39)28-13-9-14-30(22-28)41-3/h1-27H;1-25H;4-24H,1-2H3. The molecule has 1 aliphatic rings. The van der Waals surface area contributed by atoms with Crippen molar-refractivity contribution in [3.63, 3.8) is 0 Å². The number of rotatable bonds is 11. The smallest absolute Gasteiger partial charge is 0.187 e. The van der Waals surface area contributed by atoms with Crippen molar-refractivity contribution < 1.29 is 8.83 Å². The molecule has 26 aromatic rings. The summed E-state index contributed by atoms with van der Waals surface area (Å²) in [6.07, 6.45) is 0. The number of nitrogens with zero attached hydrogens (tertiary/aromatic N) is 9. The average Bonchev–Trinajstić information content (AvgIpc) is 1.57. The van der Waals surface area contributed by atoms with Crippen molar-refractivity contribution in [2.45, 2.75) is 19.3 Å². The van der Waals surface area contributed by atoms with Gasteiger partial charge in [-0.05, 0) is 169 Å². The third-order valence-corrected chi connectivity index (χ3v) is 26.9. The van der Waals surface area contributed by atoms with E-state index in [-0.39, 0.29) is 5.41 Å².